The summed E-state index contributed by atoms with van der Waals surface area (Å²) in [6, 6.07) is 58.1. The van der Waals surface area contributed by atoms with Crippen LogP contribution in [0.3, 0.4) is 0 Å². The van der Waals surface area contributed by atoms with Gasteiger partial charge in [-0.05, 0) is 70.8 Å². The van der Waals surface area contributed by atoms with Crippen LogP contribution in [-0.2, 0) is 0 Å². The van der Waals surface area contributed by atoms with Crippen molar-refractivity contribution in [3.05, 3.63) is 193 Å². The molecule has 0 amide bonds. The van der Waals surface area contributed by atoms with Gasteiger partial charge in [0.15, 0.2) is 5.75 Å². The number of rotatable bonds is 6. The SMILES string of the molecule is C1=Cc2nc1c(-c1ccccc1)c1ccc([nH]1)c(-c1ccccc1)c1nc(c(-c3ccccc3)c3[nH]c(cc3Oc3ccccc3)c2-c2ccccc2)C=C1. The molecule has 0 radical (unpaired) electrons. The van der Waals surface area contributed by atoms with Gasteiger partial charge in [0.1, 0.15) is 5.75 Å². The van der Waals surface area contributed by atoms with Crippen LogP contribution < -0.4 is 4.74 Å². The summed E-state index contributed by atoms with van der Waals surface area (Å²) in [4.78, 5) is 18.5. The van der Waals surface area contributed by atoms with Gasteiger partial charge in [0.05, 0.1) is 33.8 Å². The molecule has 5 aromatic carbocycles. The first kappa shape index (κ1) is 32.2. The van der Waals surface area contributed by atoms with Crippen LogP contribution in [0.4, 0.5) is 0 Å². The number of H-pyrrole nitrogens is 2. The van der Waals surface area contributed by atoms with E-state index in [0.717, 1.165) is 95.1 Å². The van der Waals surface area contributed by atoms with Crippen LogP contribution in [0.2, 0.25) is 0 Å². The average Bonchev–Trinajstić information content (AvgIpc) is 4.08. The number of nitrogens with zero attached hydrogens (tertiary/aromatic N) is 2. The van der Waals surface area contributed by atoms with Crippen molar-refractivity contribution in [1.29, 1.82) is 0 Å². The number of aromatic amines is 2. The second-order valence-corrected chi connectivity index (χ2v) is 13.5. The molecule has 0 fully saturated rings. The predicted molar refractivity (Wildman–Crippen MR) is 227 cm³/mol. The van der Waals surface area contributed by atoms with Gasteiger partial charge in [-0.1, -0.05) is 140 Å². The molecule has 0 saturated carbocycles. The molecule has 0 spiro atoms. The Bertz CT molecular complexity index is 2910. The van der Waals surface area contributed by atoms with Gasteiger partial charge in [0, 0.05) is 39.4 Å². The summed E-state index contributed by atoms with van der Waals surface area (Å²) >= 11 is 0. The number of hydrogen-bond acceptors (Lipinski definition) is 3. The summed E-state index contributed by atoms with van der Waals surface area (Å²) in [6.45, 7) is 0. The molecule has 5 nitrogen and oxygen atoms in total. The molecule has 8 bridgehead atoms. The van der Waals surface area contributed by atoms with Gasteiger partial charge in [-0.3, -0.25) is 0 Å². The number of fused-ring (bicyclic) bond motifs is 8. The zero-order valence-corrected chi connectivity index (χ0v) is 29.8. The summed E-state index contributed by atoms with van der Waals surface area (Å²) in [5, 5.41) is 0. The van der Waals surface area contributed by atoms with Crippen LogP contribution in [0.25, 0.3) is 90.9 Å². The molecule has 2 N–H and O–H groups in total. The van der Waals surface area contributed by atoms with Crippen molar-refractivity contribution in [2.75, 3.05) is 0 Å². The topological polar surface area (TPSA) is 66.6 Å². The molecule has 0 saturated heterocycles. The maximum absolute atomic E-state index is 6.78. The van der Waals surface area contributed by atoms with Crippen molar-refractivity contribution in [2.24, 2.45) is 0 Å². The first-order valence-electron chi connectivity index (χ1n) is 18.4. The van der Waals surface area contributed by atoms with Crippen molar-refractivity contribution >= 4 is 46.4 Å². The Hall–Kier alpha value is -7.50. The second-order valence-electron chi connectivity index (χ2n) is 13.5. The summed E-state index contributed by atoms with van der Waals surface area (Å²) < 4.78 is 6.78. The lowest BCUT2D eigenvalue weighted by Gasteiger charge is -2.08. The summed E-state index contributed by atoms with van der Waals surface area (Å²) in [5.41, 5.74) is 15.1. The van der Waals surface area contributed by atoms with Crippen LogP contribution in [0, 0.1) is 0 Å². The Morgan fingerprint density at radius 1 is 0.345 bits per heavy atom. The first-order valence-corrected chi connectivity index (χ1v) is 18.4. The van der Waals surface area contributed by atoms with Gasteiger partial charge < -0.3 is 14.7 Å². The highest BCUT2D eigenvalue weighted by atomic mass is 16.5. The Kier molecular flexibility index (Phi) is 8.08. The number of nitrogens with one attached hydrogen (secondary N) is 2. The minimum atomic E-state index is 0.687. The summed E-state index contributed by atoms with van der Waals surface area (Å²) in [7, 11) is 0. The van der Waals surface area contributed by atoms with E-state index in [4.69, 9.17) is 14.7 Å². The van der Waals surface area contributed by atoms with Gasteiger partial charge in [0.2, 0.25) is 0 Å². The third-order valence-electron chi connectivity index (χ3n) is 10.1. The molecule has 2 aliphatic rings. The Balaban J connectivity index is 1.42. The molecular formula is C50H34N4O. The molecule has 0 atom stereocenters. The first-order chi connectivity index (χ1) is 27.3. The minimum absolute atomic E-state index is 0.687. The smallest absolute Gasteiger partial charge is 0.153 e. The van der Waals surface area contributed by atoms with Gasteiger partial charge in [-0.15, -0.1) is 0 Å². The Labute approximate surface area is 318 Å². The standard InChI is InChI=1S/C50H34N4O/c1-6-16-33(17-7-1)46-38-26-27-39(51-38)47(34-18-8-2-9-19-34)41-30-31-43(53-41)49(36-22-12-4-13-23-36)50-45(55-37-24-14-5-15-25-37)32-44(54-50)48(35-20-10-3-11-21-35)42-29-28-40(46)52-42/h1-32,51,54H. The van der Waals surface area contributed by atoms with E-state index in [1.54, 1.807) is 0 Å². The van der Waals surface area contributed by atoms with Crippen LogP contribution in [0.1, 0.15) is 22.8 Å². The minimum Gasteiger partial charge on any atom is -0.455 e. The molecule has 8 aromatic rings. The van der Waals surface area contributed by atoms with E-state index in [9.17, 15) is 0 Å². The van der Waals surface area contributed by atoms with E-state index < -0.39 is 0 Å². The van der Waals surface area contributed by atoms with Gasteiger partial charge in [-0.2, -0.15) is 0 Å². The molecule has 0 aliphatic carbocycles. The highest BCUT2D eigenvalue weighted by Crippen LogP contribution is 2.42. The number of para-hydroxylation sites is 1. The molecule has 0 unspecified atom stereocenters. The zero-order valence-electron chi connectivity index (χ0n) is 29.8. The molecule has 10 rings (SSSR count). The number of ether oxygens (including phenoxy) is 1. The second kappa shape index (κ2) is 13.8. The maximum Gasteiger partial charge on any atom is 0.153 e. The van der Waals surface area contributed by atoms with E-state index >= 15 is 0 Å². The highest BCUT2D eigenvalue weighted by molar-refractivity contribution is 6.01. The lowest BCUT2D eigenvalue weighted by atomic mass is 10.0. The quantitative estimate of drug-likeness (QED) is 0.181. The summed E-state index contributed by atoms with van der Waals surface area (Å²) in [6.07, 6.45) is 8.48. The molecule has 55 heavy (non-hydrogen) atoms. The third kappa shape index (κ3) is 6.04. The van der Waals surface area contributed by atoms with E-state index in [1.165, 1.54) is 0 Å². The fourth-order valence-electron chi connectivity index (χ4n) is 7.58. The van der Waals surface area contributed by atoms with E-state index in [-0.39, 0.29) is 0 Å². The third-order valence-corrected chi connectivity index (χ3v) is 10.1. The fourth-order valence-corrected chi connectivity index (χ4v) is 7.58. The van der Waals surface area contributed by atoms with Crippen molar-refractivity contribution < 1.29 is 4.74 Å². The van der Waals surface area contributed by atoms with Crippen molar-refractivity contribution in [3.8, 4) is 56.0 Å². The average molecular weight is 707 g/mol. The molecular weight excluding hydrogens is 673 g/mol. The maximum atomic E-state index is 6.78. The van der Waals surface area contributed by atoms with E-state index in [1.807, 2.05) is 54.6 Å². The normalized spacial score (nSPS) is 11.9. The molecule has 2 aliphatic heterocycles. The lowest BCUT2D eigenvalue weighted by molar-refractivity contribution is 0.489. The van der Waals surface area contributed by atoms with Gasteiger partial charge >= 0.3 is 0 Å². The monoisotopic (exact) mass is 706 g/mol. The Morgan fingerprint density at radius 3 is 1.15 bits per heavy atom. The number of benzene rings is 5. The lowest BCUT2D eigenvalue weighted by Crippen LogP contribution is -1.90. The molecule has 5 heterocycles. The van der Waals surface area contributed by atoms with Crippen LogP contribution in [-0.4, -0.2) is 19.9 Å². The van der Waals surface area contributed by atoms with Gasteiger partial charge in [-0.25, -0.2) is 9.97 Å². The Morgan fingerprint density at radius 2 is 0.709 bits per heavy atom. The zero-order chi connectivity index (χ0) is 36.6. The summed E-state index contributed by atoms with van der Waals surface area (Å²) in [5.74, 6) is 1.43. The molecule has 260 valence electrons. The van der Waals surface area contributed by atoms with E-state index in [2.05, 4.69) is 150 Å². The van der Waals surface area contributed by atoms with Crippen LogP contribution >= 0.6 is 0 Å². The van der Waals surface area contributed by atoms with Crippen LogP contribution in [0.5, 0.6) is 11.5 Å². The largest absolute Gasteiger partial charge is 0.455 e. The van der Waals surface area contributed by atoms with Crippen molar-refractivity contribution in [1.82, 2.24) is 19.9 Å². The van der Waals surface area contributed by atoms with Crippen molar-refractivity contribution in [3.63, 3.8) is 0 Å². The molecule has 3 aromatic heterocycles. The number of hydrogen-bond donors (Lipinski definition) is 2. The van der Waals surface area contributed by atoms with Gasteiger partial charge in [0.25, 0.3) is 0 Å². The van der Waals surface area contributed by atoms with Crippen molar-refractivity contribution in [2.45, 2.75) is 0 Å². The van der Waals surface area contributed by atoms with E-state index in [0.29, 0.717) is 5.75 Å². The highest BCUT2D eigenvalue weighted by Gasteiger charge is 2.21. The number of aromatic nitrogens is 4. The predicted octanol–water partition coefficient (Wildman–Crippen LogP) is 13.1. The fraction of sp³-hybridized carbons (Fsp3) is 0. The molecule has 5 heteroatoms. The van der Waals surface area contributed by atoms with Crippen LogP contribution in [0.15, 0.2) is 170 Å².